The van der Waals surface area contributed by atoms with Gasteiger partial charge in [0.2, 0.25) is 0 Å². The lowest BCUT2D eigenvalue weighted by atomic mass is 10.1. The van der Waals surface area contributed by atoms with Gasteiger partial charge in [0.05, 0.1) is 21.3 Å². The molecule has 0 aliphatic heterocycles. The molecule has 2 aromatic rings. The number of nitrogens with one attached hydrogen (secondary N) is 1. The number of hydrogen-bond donors (Lipinski definition) is 1. The summed E-state index contributed by atoms with van der Waals surface area (Å²) in [6, 6.07) is 9.60. The van der Waals surface area contributed by atoms with E-state index in [4.69, 9.17) is 28.5 Å². The molecular formula is C14H8BrCl2FN2. The summed E-state index contributed by atoms with van der Waals surface area (Å²) in [5.74, 6) is -0.532. The molecule has 20 heavy (non-hydrogen) atoms. The molecule has 2 nitrogen and oxygen atoms in total. The number of nitriles is 1. The highest BCUT2D eigenvalue weighted by molar-refractivity contribution is 9.10. The van der Waals surface area contributed by atoms with Crippen molar-refractivity contribution in [3.05, 3.63) is 61.8 Å². The van der Waals surface area contributed by atoms with Gasteiger partial charge in [0.1, 0.15) is 11.9 Å². The maximum atomic E-state index is 13.2. The van der Waals surface area contributed by atoms with E-state index in [-0.39, 0.29) is 5.56 Å². The second-order valence-electron chi connectivity index (χ2n) is 4.02. The third kappa shape index (κ3) is 3.43. The van der Waals surface area contributed by atoms with Gasteiger partial charge in [0, 0.05) is 11.0 Å². The van der Waals surface area contributed by atoms with Gasteiger partial charge in [-0.1, -0.05) is 45.2 Å². The van der Waals surface area contributed by atoms with Crippen LogP contribution < -0.4 is 5.32 Å². The molecule has 2 rings (SSSR count). The summed E-state index contributed by atoms with van der Waals surface area (Å²) in [5, 5.41) is 12.8. The Kier molecular flexibility index (Phi) is 4.87. The number of rotatable bonds is 3. The number of hydrogen-bond acceptors (Lipinski definition) is 2. The number of halogens is 4. The van der Waals surface area contributed by atoms with E-state index in [9.17, 15) is 4.39 Å². The second kappa shape index (κ2) is 6.45. The standard InChI is InChI=1S/C14H8BrCl2FN2/c15-10-4-11(16)14(12(17)5-10)20-7-8-1-2-13(18)9(3-8)6-19/h1-5,20H,7H2. The Hall–Kier alpha value is -1.28. The zero-order valence-corrected chi connectivity index (χ0v) is 13.2. The van der Waals surface area contributed by atoms with Crippen LogP contribution in [0.5, 0.6) is 0 Å². The van der Waals surface area contributed by atoms with Crippen LogP contribution in [-0.2, 0) is 6.54 Å². The van der Waals surface area contributed by atoms with E-state index < -0.39 is 5.82 Å². The SMILES string of the molecule is N#Cc1cc(CNc2c(Cl)cc(Br)cc2Cl)ccc1F. The van der Waals surface area contributed by atoms with Crippen LogP contribution in [0.4, 0.5) is 10.1 Å². The fraction of sp³-hybridized carbons (Fsp3) is 0.0714. The molecule has 0 aromatic heterocycles. The fourth-order valence-electron chi connectivity index (χ4n) is 1.67. The first-order chi connectivity index (χ1) is 9.51. The van der Waals surface area contributed by atoms with Gasteiger partial charge in [-0.25, -0.2) is 4.39 Å². The molecule has 0 heterocycles. The summed E-state index contributed by atoms with van der Waals surface area (Å²) >= 11 is 15.5. The lowest BCUT2D eigenvalue weighted by Crippen LogP contribution is -2.01. The van der Waals surface area contributed by atoms with Gasteiger partial charge < -0.3 is 5.32 Å². The molecule has 102 valence electrons. The third-order valence-corrected chi connectivity index (χ3v) is 3.68. The van der Waals surface area contributed by atoms with Crippen LogP contribution in [0.15, 0.2) is 34.8 Å². The van der Waals surface area contributed by atoms with Crippen molar-refractivity contribution >= 4 is 44.8 Å². The third-order valence-electron chi connectivity index (χ3n) is 2.63. The van der Waals surface area contributed by atoms with Crippen LogP contribution in [0.1, 0.15) is 11.1 Å². The first-order valence-corrected chi connectivity index (χ1v) is 7.13. The minimum atomic E-state index is -0.532. The maximum Gasteiger partial charge on any atom is 0.140 e. The summed E-state index contributed by atoms with van der Waals surface area (Å²) in [7, 11) is 0. The molecule has 1 N–H and O–H groups in total. The van der Waals surface area contributed by atoms with Crippen molar-refractivity contribution in [2.24, 2.45) is 0 Å². The van der Waals surface area contributed by atoms with E-state index in [1.165, 1.54) is 12.1 Å². The average molecular weight is 374 g/mol. The molecule has 2 aromatic carbocycles. The minimum absolute atomic E-state index is 0.0114. The Bertz CT molecular complexity index is 675. The zero-order valence-electron chi connectivity index (χ0n) is 10.1. The van der Waals surface area contributed by atoms with Gasteiger partial charge in [-0.2, -0.15) is 5.26 Å². The van der Waals surface area contributed by atoms with Crippen molar-refractivity contribution in [3.8, 4) is 6.07 Å². The van der Waals surface area contributed by atoms with Crippen LogP contribution in [0.3, 0.4) is 0 Å². The molecule has 0 amide bonds. The molecule has 0 spiro atoms. The summed E-state index contributed by atoms with van der Waals surface area (Å²) in [6.45, 7) is 0.385. The van der Waals surface area contributed by atoms with Crippen molar-refractivity contribution in [3.63, 3.8) is 0 Å². The number of nitrogens with zero attached hydrogens (tertiary/aromatic N) is 1. The second-order valence-corrected chi connectivity index (χ2v) is 5.75. The Morgan fingerprint density at radius 2 is 1.85 bits per heavy atom. The van der Waals surface area contributed by atoms with Crippen LogP contribution in [0.25, 0.3) is 0 Å². The van der Waals surface area contributed by atoms with Gasteiger partial charge in [-0.15, -0.1) is 0 Å². The van der Waals surface area contributed by atoms with Crippen molar-refractivity contribution in [2.75, 3.05) is 5.32 Å². The number of benzene rings is 2. The van der Waals surface area contributed by atoms with Crippen LogP contribution in [0, 0.1) is 17.1 Å². The van der Waals surface area contributed by atoms with Gasteiger partial charge >= 0.3 is 0 Å². The Balaban J connectivity index is 2.20. The summed E-state index contributed by atoms with van der Waals surface area (Å²) in [4.78, 5) is 0. The molecular weight excluding hydrogens is 366 g/mol. The predicted octanol–water partition coefficient (Wildman–Crippen LogP) is 5.38. The van der Waals surface area contributed by atoms with Crippen LogP contribution >= 0.6 is 39.1 Å². The molecule has 0 bridgehead atoms. The average Bonchev–Trinajstić information content (AvgIpc) is 2.39. The van der Waals surface area contributed by atoms with E-state index in [1.807, 2.05) is 0 Å². The highest BCUT2D eigenvalue weighted by Gasteiger charge is 2.08. The first-order valence-electron chi connectivity index (χ1n) is 5.58. The van der Waals surface area contributed by atoms with Gasteiger partial charge in [0.25, 0.3) is 0 Å². The largest absolute Gasteiger partial charge is 0.379 e. The maximum absolute atomic E-state index is 13.2. The molecule has 0 fully saturated rings. The Morgan fingerprint density at radius 1 is 1.20 bits per heavy atom. The highest BCUT2D eigenvalue weighted by Crippen LogP contribution is 2.34. The van der Waals surface area contributed by atoms with Gasteiger partial charge in [-0.05, 0) is 29.8 Å². The van der Waals surface area contributed by atoms with Crippen molar-refractivity contribution in [1.29, 1.82) is 5.26 Å². The molecule has 0 atom stereocenters. The van der Waals surface area contributed by atoms with E-state index in [0.29, 0.717) is 22.3 Å². The van der Waals surface area contributed by atoms with E-state index in [2.05, 4.69) is 21.2 Å². The quantitative estimate of drug-likeness (QED) is 0.783. The Morgan fingerprint density at radius 3 is 2.45 bits per heavy atom. The van der Waals surface area contributed by atoms with Crippen LogP contribution in [0.2, 0.25) is 10.0 Å². The van der Waals surface area contributed by atoms with E-state index in [1.54, 1.807) is 24.3 Å². The highest BCUT2D eigenvalue weighted by atomic mass is 79.9. The Labute approximate surface area is 134 Å². The normalized spacial score (nSPS) is 10.2. The molecule has 0 saturated carbocycles. The fourth-order valence-corrected chi connectivity index (χ4v) is 3.01. The lowest BCUT2D eigenvalue weighted by molar-refractivity contribution is 0.623. The van der Waals surface area contributed by atoms with Gasteiger partial charge in [-0.3, -0.25) is 0 Å². The van der Waals surface area contributed by atoms with Crippen molar-refractivity contribution in [1.82, 2.24) is 0 Å². The monoisotopic (exact) mass is 372 g/mol. The summed E-state index contributed by atoms with van der Waals surface area (Å²) < 4.78 is 14.0. The predicted molar refractivity (Wildman–Crippen MR) is 82.6 cm³/mol. The topological polar surface area (TPSA) is 35.8 Å². The van der Waals surface area contributed by atoms with Gasteiger partial charge in [0.15, 0.2) is 0 Å². The number of anilines is 1. The van der Waals surface area contributed by atoms with E-state index in [0.717, 1.165) is 10.0 Å². The van der Waals surface area contributed by atoms with Crippen molar-refractivity contribution in [2.45, 2.75) is 6.54 Å². The first kappa shape index (κ1) is 15.1. The molecule has 6 heteroatoms. The summed E-state index contributed by atoms with van der Waals surface area (Å²) in [5.41, 5.74) is 1.37. The molecule has 0 radical (unpaired) electrons. The minimum Gasteiger partial charge on any atom is -0.379 e. The zero-order chi connectivity index (χ0) is 14.7. The molecule has 0 unspecified atom stereocenters. The smallest absolute Gasteiger partial charge is 0.140 e. The lowest BCUT2D eigenvalue weighted by Gasteiger charge is -2.11. The van der Waals surface area contributed by atoms with E-state index >= 15 is 0 Å². The summed E-state index contributed by atoms with van der Waals surface area (Å²) in [6.07, 6.45) is 0. The molecule has 0 aliphatic carbocycles. The van der Waals surface area contributed by atoms with Crippen LogP contribution in [-0.4, -0.2) is 0 Å². The molecule has 0 aliphatic rings. The van der Waals surface area contributed by atoms with Crippen molar-refractivity contribution < 1.29 is 4.39 Å². The molecule has 0 saturated heterocycles.